The summed E-state index contributed by atoms with van der Waals surface area (Å²) >= 11 is 0. The van der Waals surface area contributed by atoms with Crippen molar-refractivity contribution in [3.63, 3.8) is 0 Å². The van der Waals surface area contributed by atoms with Crippen molar-refractivity contribution in [2.24, 2.45) is 5.41 Å². The van der Waals surface area contributed by atoms with Gasteiger partial charge in [-0.05, 0) is 30.9 Å². The molecule has 2 aromatic rings. The molecule has 4 heteroatoms. The van der Waals surface area contributed by atoms with E-state index in [1.807, 2.05) is 27.9 Å². The monoisotopic (exact) mass is 311 g/mol. The van der Waals surface area contributed by atoms with E-state index in [0.717, 1.165) is 13.1 Å². The second-order valence-electron chi connectivity index (χ2n) is 7.41. The molecule has 0 bridgehead atoms. The molecule has 1 aliphatic heterocycles. The number of hydrogen-bond donors (Lipinski definition) is 0. The average Bonchev–Trinajstić information content (AvgIpc) is 3.12. The van der Waals surface area contributed by atoms with E-state index in [-0.39, 0.29) is 17.4 Å². The number of carbonyl (C=O) groups excluding carboxylic acids is 1. The Morgan fingerprint density at radius 2 is 1.91 bits per heavy atom. The third-order valence-corrected chi connectivity index (χ3v) is 4.79. The highest BCUT2D eigenvalue weighted by Crippen LogP contribution is 2.42. The first-order chi connectivity index (χ1) is 10.9. The Morgan fingerprint density at radius 3 is 2.52 bits per heavy atom. The lowest BCUT2D eigenvalue weighted by Gasteiger charge is -2.25. The first kappa shape index (κ1) is 15.8. The summed E-state index contributed by atoms with van der Waals surface area (Å²) in [6.45, 7) is 10.1. The van der Waals surface area contributed by atoms with E-state index >= 15 is 0 Å². The summed E-state index contributed by atoms with van der Waals surface area (Å²) < 4.78 is 1.84. The van der Waals surface area contributed by atoms with E-state index in [0.29, 0.717) is 11.6 Å². The van der Waals surface area contributed by atoms with Crippen molar-refractivity contribution in [2.75, 3.05) is 13.1 Å². The first-order valence-electron chi connectivity index (χ1n) is 8.28. The van der Waals surface area contributed by atoms with Gasteiger partial charge in [0.2, 0.25) is 0 Å². The van der Waals surface area contributed by atoms with E-state index in [2.05, 4.69) is 57.1 Å². The summed E-state index contributed by atoms with van der Waals surface area (Å²) in [4.78, 5) is 14.7. The SMILES string of the molecule is CC(C)n1ccc(C(=O)N2C[C@@H](c3ccccc3)C(C)(C)C2)n1. The Labute approximate surface area is 138 Å². The van der Waals surface area contributed by atoms with Gasteiger partial charge in [0, 0.05) is 31.2 Å². The van der Waals surface area contributed by atoms with Crippen LogP contribution in [0.1, 0.15) is 55.7 Å². The summed E-state index contributed by atoms with van der Waals surface area (Å²) in [6.07, 6.45) is 1.88. The number of benzene rings is 1. The predicted octanol–water partition coefficient (Wildman–Crippen LogP) is 3.73. The molecule has 0 unspecified atom stereocenters. The van der Waals surface area contributed by atoms with E-state index in [9.17, 15) is 4.79 Å². The van der Waals surface area contributed by atoms with Gasteiger partial charge in [-0.15, -0.1) is 0 Å². The molecule has 0 N–H and O–H groups in total. The summed E-state index contributed by atoms with van der Waals surface area (Å²) in [6, 6.07) is 12.6. The maximum atomic E-state index is 12.8. The van der Waals surface area contributed by atoms with Crippen LogP contribution in [0.4, 0.5) is 0 Å². The van der Waals surface area contributed by atoms with Crippen molar-refractivity contribution in [1.82, 2.24) is 14.7 Å². The minimum atomic E-state index is 0.0379. The Balaban J connectivity index is 1.80. The molecule has 0 spiro atoms. The third kappa shape index (κ3) is 3.03. The van der Waals surface area contributed by atoms with E-state index in [1.54, 1.807) is 0 Å². The maximum absolute atomic E-state index is 12.8. The van der Waals surface area contributed by atoms with E-state index in [1.165, 1.54) is 5.56 Å². The highest BCUT2D eigenvalue weighted by atomic mass is 16.2. The molecule has 1 fully saturated rings. The highest BCUT2D eigenvalue weighted by molar-refractivity contribution is 5.92. The quantitative estimate of drug-likeness (QED) is 0.866. The fourth-order valence-electron chi connectivity index (χ4n) is 3.43. The molecule has 1 aliphatic rings. The number of likely N-dealkylation sites (tertiary alicyclic amines) is 1. The molecule has 1 atom stereocenters. The van der Waals surface area contributed by atoms with Gasteiger partial charge in [-0.1, -0.05) is 44.2 Å². The second-order valence-corrected chi connectivity index (χ2v) is 7.41. The molecule has 1 amide bonds. The zero-order chi connectivity index (χ0) is 16.6. The summed E-state index contributed by atoms with van der Waals surface area (Å²) in [5.74, 6) is 0.399. The van der Waals surface area contributed by atoms with Crippen molar-refractivity contribution < 1.29 is 4.79 Å². The Morgan fingerprint density at radius 1 is 1.22 bits per heavy atom. The summed E-state index contributed by atoms with van der Waals surface area (Å²) in [5, 5.41) is 4.43. The number of nitrogens with zero attached hydrogens (tertiary/aromatic N) is 3. The number of carbonyl (C=O) groups is 1. The van der Waals surface area contributed by atoms with Crippen LogP contribution in [0, 0.1) is 5.41 Å². The van der Waals surface area contributed by atoms with Crippen molar-refractivity contribution >= 4 is 5.91 Å². The molecule has 4 nitrogen and oxygen atoms in total. The zero-order valence-corrected chi connectivity index (χ0v) is 14.4. The lowest BCUT2D eigenvalue weighted by molar-refractivity contribution is 0.0771. The van der Waals surface area contributed by atoms with Crippen LogP contribution >= 0.6 is 0 Å². The molecule has 122 valence electrons. The molecular formula is C19H25N3O. The molecule has 1 saturated heterocycles. The lowest BCUT2D eigenvalue weighted by Crippen LogP contribution is -2.30. The van der Waals surface area contributed by atoms with Gasteiger partial charge in [-0.3, -0.25) is 9.48 Å². The van der Waals surface area contributed by atoms with Crippen LogP contribution in [0.15, 0.2) is 42.6 Å². The first-order valence-corrected chi connectivity index (χ1v) is 8.28. The third-order valence-electron chi connectivity index (χ3n) is 4.79. The van der Waals surface area contributed by atoms with Crippen molar-refractivity contribution in [1.29, 1.82) is 0 Å². The molecule has 0 radical (unpaired) electrons. The van der Waals surface area contributed by atoms with E-state index in [4.69, 9.17) is 0 Å². The topological polar surface area (TPSA) is 38.1 Å². The zero-order valence-electron chi connectivity index (χ0n) is 14.4. The predicted molar refractivity (Wildman–Crippen MR) is 91.5 cm³/mol. The summed E-state index contributed by atoms with van der Waals surface area (Å²) in [7, 11) is 0. The number of hydrogen-bond acceptors (Lipinski definition) is 2. The molecule has 1 aromatic carbocycles. The molecule has 0 aliphatic carbocycles. The largest absolute Gasteiger partial charge is 0.336 e. The van der Waals surface area contributed by atoms with Gasteiger partial charge in [0.1, 0.15) is 5.69 Å². The minimum absolute atomic E-state index is 0.0379. The Hall–Kier alpha value is -2.10. The van der Waals surface area contributed by atoms with Crippen molar-refractivity contribution in [3.8, 4) is 0 Å². The normalized spacial score (nSPS) is 20.2. The van der Waals surface area contributed by atoms with Crippen LogP contribution in [0.3, 0.4) is 0 Å². The highest BCUT2D eigenvalue weighted by Gasteiger charge is 2.42. The van der Waals surface area contributed by atoms with Gasteiger partial charge in [0.15, 0.2) is 0 Å². The van der Waals surface area contributed by atoms with E-state index < -0.39 is 0 Å². The Kier molecular flexibility index (Phi) is 4.00. The van der Waals surface area contributed by atoms with Crippen LogP contribution in [0.2, 0.25) is 0 Å². The van der Waals surface area contributed by atoms with Gasteiger partial charge in [0.25, 0.3) is 5.91 Å². The van der Waals surface area contributed by atoms with Gasteiger partial charge in [-0.25, -0.2) is 0 Å². The number of rotatable bonds is 3. The molecular weight excluding hydrogens is 286 g/mol. The van der Waals surface area contributed by atoms with Gasteiger partial charge >= 0.3 is 0 Å². The number of amides is 1. The molecule has 0 saturated carbocycles. The van der Waals surface area contributed by atoms with Crippen LogP contribution in [0.25, 0.3) is 0 Å². The molecule has 23 heavy (non-hydrogen) atoms. The number of aromatic nitrogens is 2. The molecule has 2 heterocycles. The van der Waals surface area contributed by atoms with Crippen molar-refractivity contribution in [2.45, 2.75) is 39.7 Å². The minimum Gasteiger partial charge on any atom is -0.336 e. The van der Waals surface area contributed by atoms with Crippen molar-refractivity contribution in [3.05, 3.63) is 53.9 Å². The van der Waals surface area contributed by atoms with Crippen LogP contribution in [-0.4, -0.2) is 33.7 Å². The Bertz CT molecular complexity index is 688. The fourth-order valence-corrected chi connectivity index (χ4v) is 3.43. The van der Waals surface area contributed by atoms with Gasteiger partial charge < -0.3 is 4.90 Å². The van der Waals surface area contributed by atoms with Crippen LogP contribution < -0.4 is 0 Å². The van der Waals surface area contributed by atoms with Crippen LogP contribution in [-0.2, 0) is 0 Å². The van der Waals surface area contributed by atoms with Gasteiger partial charge in [-0.2, -0.15) is 5.10 Å². The molecule has 3 rings (SSSR count). The average molecular weight is 311 g/mol. The lowest BCUT2D eigenvalue weighted by atomic mass is 9.78. The fraction of sp³-hybridized carbons (Fsp3) is 0.474. The van der Waals surface area contributed by atoms with Crippen LogP contribution in [0.5, 0.6) is 0 Å². The maximum Gasteiger partial charge on any atom is 0.274 e. The smallest absolute Gasteiger partial charge is 0.274 e. The second kappa shape index (κ2) is 5.84. The standard InChI is InChI=1S/C19H25N3O/c1-14(2)22-11-10-17(20-22)18(23)21-12-16(19(3,4)13-21)15-8-6-5-7-9-15/h5-11,14,16H,12-13H2,1-4H3/t16-/m0/s1. The summed E-state index contributed by atoms with van der Waals surface area (Å²) in [5.41, 5.74) is 1.92. The van der Waals surface area contributed by atoms with Gasteiger partial charge in [0.05, 0.1) is 0 Å². The molecule has 1 aromatic heterocycles.